The van der Waals surface area contributed by atoms with Crippen molar-refractivity contribution in [1.82, 2.24) is 10.6 Å². The van der Waals surface area contributed by atoms with Gasteiger partial charge in [0.05, 0.1) is 12.7 Å². The standard InChI is InChI=1S/C25H22N2O6/c1-32-21-10-6-5-9-20(21)25(31)27-22(28)16-33-23(29)15-26-24(30)19-13-11-18(12-14-19)17-7-3-2-4-8-17/h2-14H,15-16H2,1H3,(H,26,30)(H,27,28,31). The van der Waals surface area contributed by atoms with Crippen LogP contribution in [-0.2, 0) is 14.3 Å². The predicted octanol–water partition coefficient (Wildman–Crippen LogP) is 2.59. The van der Waals surface area contributed by atoms with Gasteiger partial charge in [0.15, 0.2) is 6.61 Å². The van der Waals surface area contributed by atoms with Gasteiger partial charge in [0.2, 0.25) is 0 Å². The molecule has 0 atom stereocenters. The van der Waals surface area contributed by atoms with Crippen LogP contribution >= 0.6 is 0 Å². The van der Waals surface area contributed by atoms with Crippen LogP contribution in [0.1, 0.15) is 20.7 Å². The second-order valence-corrected chi connectivity index (χ2v) is 6.86. The van der Waals surface area contributed by atoms with E-state index in [4.69, 9.17) is 9.47 Å². The summed E-state index contributed by atoms with van der Waals surface area (Å²) in [6.07, 6.45) is 0. The number of hydrogen-bond donors (Lipinski definition) is 2. The van der Waals surface area contributed by atoms with Gasteiger partial charge in [0.25, 0.3) is 17.7 Å². The molecule has 0 heterocycles. The Bertz CT molecular complexity index is 1140. The minimum Gasteiger partial charge on any atom is -0.496 e. The monoisotopic (exact) mass is 446 g/mol. The molecule has 33 heavy (non-hydrogen) atoms. The zero-order chi connectivity index (χ0) is 23.6. The molecule has 0 aliphatic heterocycles. The van der Waals surface area contributed by atoms with E-state index in [0.29, 0.717) is 11.3 Å². The third-order valence-corrected chi connectivity index (χ3v) is 4.62. The van der Waals surface area contributed by atoms with E-state index in [2.05, 4.69) is 10.6 Å². The predicted molar refractivity (Wildman–Crippen MR) is 121 cm³/mol. The van der Waals surface area contributed by atoms with E-state index in [1.165, 1.54) is 13.2 Å². The van der Waals surface area contributed by atoms with Crippen LogP contribution in [-0.4, -0.2) is 44.0 Å². The molecule has 0 radical (unpaired) electrons. The van der Waals surface area contributed by atoms with Gasteiger partial charge in [-0.1, -0.05) is 54.6 Å². The Morgan fingerprint density at radius 1 is 0.758 bits per heavy atom. The lowest BCUT2D eigenvalue weighted by atomic mass is 10.0. The number of methoxy groups -OCH3 is 1. The minimum absolute atomic E-state index is 0.172. The number of amides is 3. The topological polar surface area (TPSA) is 111 Å². The van der Waals surface area contributed by atoms with Gasteiger partial charge in [-0.05, 0) is 35.4 Å². The first kappa shape index (κ1) is 23.2. The van der Waals surface area contributed by atoms with Crippen LogP contribution in [0, 0.1) is 0 Å². The molecule has 0 unspecified atom stereocenters. The largest absolute Gasteiger partial charge is 0.496 e. The molecular formula is C25H22N2O6. The Morgan fingerprint density at radius 3 is 2.09 bits per heavy atom. The molecule has 3 amide bonds. The van der Waals surface area contributed by atoms with E-state index in [0.717, 1.165) is 11.1 Å². The molecule has 0 bridgehead atoms. The number of imide groups is 1. The highest BCUT2D eigenvalue weighted by Gasteiger charge is 2.16. The summed E-state index contributed by atoms with van der Waals surface area (Å²) in [5, 5.41) is 4.55. The molecule has 0 aliphatic rings. The molecule has 2 N–H and O–H groups in total. The first-order valence-corrected chi connectivity index (χ1v) is 10.0. The Kier molecular flexibility index (Phi) is 7.91. The Hall–Kier alpha value is -4.46. The van der Waals surface area contributed by atoms with E-state index in [1.54, 1.807) is 30.3 Å². The molecule has 0 fully saturated rings. The molecule has 8 heteroatoms. The highest BCUT2D eigenvalue weighted by molar-refractivity contribution is 6.06. The second kappa shape index (κ2) is 11.2. The van der Waals surface area contributed by atoms with Crippen LogP contribution in [0.4, 0.5) is 0 Å². The van der Waals surface area contributed by atoms with E-state index in [9.17, 15) is 19.2 Å². The Morgan fingerprint density at radius 2 is 1.39 bits per heavy atom. The number of rotatable bonds is 8. The van der Waals surface area contributed by atoms with Gasteiger partial charge in [-0.15, -0.1) is 0 Å². The fraction of sp³-hybridized carbons (Fsp3) is 0.120. The van der Waals surface area contributed by atoms with Gasteiger partial charge in [0.1, 0.15) is 12.3 Å². The van der Waals surface area contributed by atoms with Crippen LogP contribution < -0.4 is 15.4 Å². The number of hydrogen-bond acceptors (Lipinski definition) is 6. The van der Waals surface area contributed by atoms with Crippen molar-refractivity contribution < 1.29 is 28.7 Å². The van der Waals surface area contributed by atoms with Crippen molar-refractivity contribution in [3.05, 3.63) is 90.0 Å². The zero-order valence-electron chi connectivity index (χ0n) is 17.9. The van der Waals surface area contributed by atoms with Gasteiger partial charge in [-0.2, -0.15) is 0 Å². The maximum atomic E-state index is 12.2. The van der Waals surface area contributed by atoms with Gasteiger partial charge in [-0.3, -0.25) is 24.5 Å². The first-order valence-electron chi connectivity index (χ1n) is 10.0. The Balaban J connectivity index is 1.43. The van der Waals surface area contributed by atoms with Crippen LogP contribution in [0.2, 0.25) is 0 Å². The molecule has 0 saturated heterocycles. The number of para-hydroxylation sites is 1. The number of carbonyl (C=O) groups is 4. The van der Waals surface area contributed by atoms with Gasteiger partial charge >= 0.3 is 5.97 Å². The van der Waals surface area contributed by atoms with Crippen LogP contribution in [0.5, 0.6) is 5.75 Å². The summed E-state index contributed by atoms with van der Waals surface area (Å²) in [4.78, 5) is 48.2. The summed E-state index contributed by atoms with van der Waals surface area (Å²) >= 11 is 0. The SMILES string of the molecule is COc1ccccc1C(=O)NC(=O)COC(=O)CNC(=O)c1ccc(-c2ccccc2)cc1. The molecule has 3 aromatic carbocycles. The summed E-state index contributed by atoms with van der Waals surface area (Å²) < 4.78 is 9.88. The number of esters is 1. The number of benzene rings is 3. The maximum absolute atomic E-state index is 12.2. The minimum atomic E-state index is -0.816. The molecule has 168 valence electrons. The van der Waals surface area contributed by atoms with Crippen molar-refractivity contribution in [2.24, 2.45) is 0 Å². The van der Waals surface area contributed by atoms with E-state index < -0.39 is 36.8 Å². The average molecular weight is 446 g/mol. The van der Waals surface area contributed by atoms with Crippen LogP contribution in [0.25, 0.3) is 11.1 Å². The Labute approximate surface area is 190 Å². The molecule has 8 nitrogen and oxygen atoms in total. The summed E-state index contributed by atoms with van der Waals surface area (Å²) in [5.74, 6) is -2.45. The molecule has 0 aliphatic carbocycles. The molecule has 3 aromatic rings. The summed E-state index contributed by atoms with van der Waals surface area (Å²) in [6, 6.07) is 23.0. The van der Waals surface area contributed by atoms with Crippen molar-refractivity contribution in [2.75, 3.05) is 20.3 Å². The normalized spacial score (nSPS) is 10.1. The van der Waals surface area contributed by atoms with E-state index in [-0.39, 0.29) is 5.56 Å². The molecular weight excluding hydrogens is 424 g/mol. The summed E-state index contributed by atoms with van der Waals surface area (Å²) in [6.45, 7) is -1.09. The highest BCUT2D eigenvalue weighted by Crippen LogP contribution is 2.19. The third-order valence-electron chi connectivity index (χ3n) is 4.62. The van der Waals surface area contributed by atoms with Gasteiger partial charge in [0, 0.05) is 5.56 Å². The van der Waals surface area contributed by atoms with Crippen molar-refractivity contribution >= 4 is 23.7 Å². The van der Waals surface area contributed by atoms with Crippen molar-refractivity contribution in [2.45, 2.75) is 0 Å². The van der Waals surface area contributed by atoms with Crippen molar-refractivity contribution in [3.63, 3.8) is 0 Å². The number of nitrogens with one attached hydrogen (secondary N) is 2. The zero-order valence-corrected chi connectivity index (χ0v) is 17.9. The smallest absolute Gasteiger partial charge is 0.325 e. The lowest BCUT2D eigenvalue weighted by Gasteiger charge is -2.09. The lowest BCUT2D eigenvalue weighted by Crippen LogP contribution is -2.36. The average Bonchev–Trinajstić information content (AvgIpc) is 2.86. The molecule has 0 spiro atoms. The maximum Gasteiger partial charge on any atom is 0.325 e. The lowest BCUT2D eigenvalue weighted by molar-refractivity contribution is -0.147. The number of carbonyl (C=O) groups excluding carboxylic acids is 4. The first-order chi connectivity index (χ1) is 16.0. The second-order valence-electron chi connectivity index (χ2n) is 6.86. The highest BCUT2D eigenvalue weighted by atomic mass is 16.5. The van der Waals surface area contributed by atoms with Crippen molar-refractivity contribution in [3.8, 4) is 16.9 Å². The van der Waals surface area contributed by atoms with Crippen molar-refractivity contribution in [1.29, 1.82) is 0 Å². The van der Waals surface area contributed by atoms with E-state index >= 15 is 0 Å². The van der Waals surface area contributed by atoms with E-state index in [1.807, 2.05) is 42.5 Å². The van der Waals surface area contributed by atoms with Crippen LogP contribution in [0.3, 0.4) is 0 Å². The fourth-order valence-electron chi connectivity index (χ4n) is 2.96. The summed E-state index contributed by atoms with van der Waals surface area (Å²) in [7, 11) is 1.40. The summed E-state index contributed by atoms with van der Waals surface area (Å²) in [5.41, 5.74) is 2.53. The molecule has 0 aromatic heterocycles. The number of ether oxygens (including phenoxy) is 2. The molecule has 0 saturated carbocycles. The quantitative estimate of drug-likeness (QED) is 0.515. The van der Waals surface area contributed by atoms with Gasteiger partial charge < -0.3 is 14.8 Å². The fourth-order valence-corrected chi connectivity index (χ4v) is 2.96. The van der Waals surface area contributed by atoms with Gasteiger partial charge in [-0.25, -0.2) is 0 Å². The third kappa shape index (κ3) is 6.51. The molecule has 3 rings (SSSR count). The van der Waals surface area contributed by atoms with Crippen LogP contribution in [0.15, 0.2) is 78.9 Å².